The van der Waals surface area contributed by atoms with Crippen molar-refractivity contribution in [2.75, 3.05) is 33.9 Å². The molecular weight excluding hydrogens is 246 g/mol. The smallest absolute Gasteiger partial charge is 0.317 e. The summed E-state index contributed by atoms with van der Waals surface area (Å²) in [6, 6.07) is 5.74. The first-order valence-corrected chi connectivity index (χ1v) is 6.30. The molecule has 5 heteroatoms. The molecule has 1 aliphatic rings. The van der Waals surface area contributed by atoms with E-state index in [-0.39, 0.29) is 6.54 Å². The number of ether oxygens (including phenoxy) is 2. The quantitative estimate of drug-likeness (QED) is 0.876. The SMILES string of the molecule is COc1ccc(OC)c([C@@H]2CCN(CC(=O)O)C2)c1. The van der Waals surface area contributed by atoms with E-state index in [0.717, 1.165) is 36.6 Å². The van der Waals surface area contributed by atoms with Crippen LogP contribution in [0.15, 0.2) is 18.2 Å². The van der Waals surface area contributed by atoms with Gasteiger partial charge in [0.2, 0.25) is 0 Å². The van der Waals surface area contributed by atoms with Crippen LogP contribution in [0.3, 0.4) is 0 Å². The normalized spacial score (nSPS) is 19.4. The van der Waals surface area contributed by atoms with Gasteiger partial charge in [-0.05, 0) is 31.2 Å². The number of methoxy groups -OCH3 is 2. The Kier molecular flexibility index (Phi) is 4.27. The molecule has 0 amide bonds. The first-order chi connectivity index (χ1) is 9.13. The summed E-state index contributed by atoms with van der Waals surface area (Å²) >= 11 is 0. The zero-order valence-corrected chi connectivity index (χ0v) is 11.3. The Morgan fingerprint density at radius 1 is 1.42 bits per heavy atom. The number of nitrogens with zero attached hydrogens (tertiary/aromatic N) is 1. The third-order valence-electron chi connectivity index (χ3n) is 3.51. The number of carbonyl (C=O) groups is 1. The van der Waals surface area contributed by atoms with E-state index < -0.39 is 5.97 Å². The van der Waals surface area contributed by atoms with Gasteiger partial charge in [-0.2, -0.15) is 0 Å². The molecule has 104 valence electrons. The van der Waals surface area contributed by atoms with Crippen LogP contribution < -0.4 is 9.47 Å². The van der Waals surface area contributed by atoms with E-state index in [1.165, 1.54) is 0 Å². The standard InChI is InChI=1S/C14H19NO4/c1-18-11-3-4-13(19-2)12(7-11)10-5-6-15(8-10)9-14(16)17/h3-4,7,10H,5-6,8-9H2,1-2H3,(H,16,17)/t10-/m1/s1. The molecule has 0 bridgehead atoms. The molecule has 0 unspecified atom stereocenters. The summed E-state index contributed by atoms with van der Waals surface area (Å²) in [6.45, 7) is 1.65. The van der Waals surface area contributed by atoms with E-state index in [2.05, 4.69) is 0 Å². The van der Waals surface area contributed by atoms with Crippen molar-refractivity contribution in [1.29, 1.82) is 0 Å². The average molecular weight is 265 g/mol. The maximum absolute atomic E-state index is 10.7. The lowest BCUT2D eigenvalue weighted by Crippen LogP contribution is -2.27. The van der Waals surface area contributed by atoms with E-state index in [9.17, 15) is 4.79 Å². The molecule has 1 aromatic rings. The Balaban J connectivity index is 2.15. The highest BCUT2D eigenvalue weighted by Crippen LogP contribution is 2.35. The largest absolute Gasteiger partial charge is 0.497 e. The summed E-state index contributed by atoms with van der Waals surface area (Å²) in [5, 5.41) is 8.83. The molecule has 0 radical (unpaired) electrons. The summed E-state index contributed by atoms with van der Waals surface area (Å²) in [7, 11) is 3.28. The lowest BCUT2D eigenvalue weighted by atomic mass is 9.97. The Hall–Kier alpha value is -1.75. The Labute approximate surface area is 112 Å². The van der Waals surface area contributed by atoms with Crippen molar-refractivity contribution in [2.45, 2.75) is 12.3 Å². The highest BCUT2D eigenvalue weighted by molar-refractivity contribution is 5.69. The van der Waals surface area contributed by atoms with Gasteiger partial charge in [-0.15, -0.1) is 0 Å². The highest BCUT2D eigenvalue weighted by atomic mass is 16.5. The number of hydrogen-bond donors (Lipinski definition) is 1. The fraction of sp³-hybridized carbons (Fsp3) is 0.500. The van der Waals surface area contributed by atoms with E-state index >= 15 is 0 Å². The molecule has 5 nitrogen and oxygen atoms in total. The average Bonchev–Trinajstić information content (AvgIpc) is 2.85. The highest BCUT2D eigenvalue weighted by Gasteiger charge is 2.27. The first kappa shape index (κ1) is 13.7. The van der Waals surface area contributed by atoms with E-state index in [1.54, 1.807) is 14.2 Å². The maximum Gasteiger partial charge on any atom is 0.317 e. The molecule has 1 atom stereocenters. The number of carboxylic acids is 1. The van der Waals surface area contributed by atoms with Gasteiger partial charge in [0.25, 0.3) is 0 Å². The minimum absolute atomic E-state index is 0.1000. The third kappa shape index (κ3) is 3.17. The summed E-state index contributed by atoms with van der Waals surface area (Å²) in [5.41, 5.74) is 1.09. The number of rotatable bonds is 5. The van der Waals surface area contributed by atoms with E-state index in [4.69, 9.17) is 14.6 Å². The van der Waals surface area contributed by atoms with Gasteiger partial charge in [0.05, 0.1) is 20.8 Å². The van der Waals surface area contributed by atoms with E-state index in [1.807, 2.05) is 23.1 Å². The minimum atomic E-state index is -0.779. The van der Waals surface area contributed by atoms with Crippen molar-refractivity contribution < 1.29 is 19.4 Å². The number of carboxylic acid groups (broad SMARTS) is 1. The van der Waals surface area contributed by atoms with Crippen LogP contribution in [0.5, 0.6) is 11.5 Å². The monoisotopic (exact) mass is 265 g/mol. The molecule has 0 aliphatic carbocycles. The van der Waals surface area contributed by atoms with Crippen LogP contribution in [0.4, 0.5) is 0 Å². The van der Waals surface area contributed by atoms with Crippen LogP contribution in [0.25, 0.3) is 0 Å². The molecule has 0 saturated carbocycles. The van der Waals surface area contributed by atoms with Gasteiger partial charge in [-0.3, -0.25) is 9.69 Å². The number of hydrogen-bond acceptors (Lipinski definition) is 4. The van der Waals surface area contributed by atoms with Crippen LogP contribution >= 0.6 is 0 Å². The Bertz CT molecular complexity index is 461. The van der Waals surface area contributed by atoms with Crippen molar-refractivity contribution in [3.63, 3.8) is 0 Å². The predicted octanol–water partition coefficient (Wildman–Crippen LogP) is 1.58. The molecule has 0 aromatic heterocycles. The van der Waals surface area contributed by atoms with Crippen molar-refractivity contribution in [3.8, 4) is 11.5 Å². The molecular formula is C14H19NO4. The molecule has 19 heavy (non-hydrogen) atoms. The summed E-state index contributed by atoms with van der Waals surface area (Å²) in [4.78, 5) is 12.7. The second-order valence-electron chi connectivity index (χ2n) is 4.72. The molecule has 1 aromatic carbocycles. The molecule has 2 rings (SSSR count). The van der Waals surface area contributed by atoms with Crippen molar-refractivity contribution >= 4 is 5.97 Å². The van der Waals surface area contributed by atoms with Gasteiger partial charge in [0.15, 0.2) is 0 Å². The number of likely N-dealkylation sites (tertiary alicyclic amines) is 1. The summed E-state index contributed by atoms with van der Waals surface area (Å²) in [5.74, 6) is 1.15. The number of aliphatic carboxylic acids is 1. The van der Waals surface area contributed by atoms with Gasteiger partial charge in [0.1, 0.15) is 11.5 Å². The maximum atomic E-state index is 10.7. The summed E-state index contributed by atoms with van der Waals surface area (Å²) in [6.07, 6.45) is 0.941. The topological polar surface area (TPSA) is 59.0 Å². The van der Waals surface area contributed by atoms with Gasteiger partial charge >= 0.3 is 5.97 Å². The number of benzene rings is 1. The Morgan fingerprint density at radius 2 is 2.21 bits per heavy atom. The molecule has 1 saturated heterocycles. The second-order valence-corrected chi connectivity index (χ2v) is 4.72. The van der Waals surface area contributed by atoms with Gasteiger partial charge < -0.3 is 14.6 Å². The van der Waals surface area contributed by atoms with Crippen LogP contribution in [-0.4, -0.2) is 49.8 Å². The van der Waals surface area contributed by atoms with E-state index in [0.29, 0.717) is 5.92 Å². The molecule has 1 fully saturated rings. The van der Waals surface area contributed by atoms with Crippen LogP contribution in [-0.2, 0) is 4.79 Å². The van der Waals surface area contributed by atoms with Crippen molar-refractivity contribution in [2.24, 2.45) is 0 Å². The fourth-order valence-electron chi connectivity index (χ4n) is 2.58. The second kappa shape index (κ2) is 5.93. The zero-order chi connectivity index (χ0) is 13.8. The van der Waals surface area contributed by atoms with Gasteiger partial charge in [-0.25, -0.2) is 0 Å². The van der Waals surface area contributed by atoms with Gasteiger partial charge in [0, 0.05) is 18.0 Å². The molecule has 1 N–H and O–H groups in total. The minimum Gasteiger partial charge on any atom is -0.497 e. The predicted molar refractivity (Wildman–Crippen MR) is 71.0 cm³/mol. The van der Waals surface area contributed by atoms with Crippen LogP contribution in [0, 0.1) is 0 Å². The summed E-state index contributed by atoms with van der Waals surface area (Å²) < 4.78 is 10.6. The third-order valence-corrected chi connectivity index (χ3v) is 3.51. The lowest BCUT2D eigenvalue weighted by molar-refractivity contribution is -0.138. The lowest BCUT2D eigenvalue weighted by Gasteiger charge is -2.17. The zero-order valence-electron chi connectivity index (χ0n) is 11.3. The first-order valence-electron chi connectivity index (χ1n) is 6.30. The van der Waals surface area contributed by atoms with Crippen LogP contribution in [0.1, 0.15) is 17.9 Å². The van der Waals surface area contributed by atoms with Crippen LogP contribution in [0.2, 0.25) is 0 Å². The molecule has 0 spiro atoms. The van der Waals surface area contributed by atoms with Crippen molar-refractivity contribution in [1.82, 2.24) is 4.90 Å². The van der Waals surface area contributed by atoms with Crippen molar-refractivity contribution in [3.05, 3.63) is 23.8 Å². The molecule has 1 aliphatic heterocycles. The molecule has 1 heterocycles. The Morgan fingerprint density at radius 3 is 2.84 bits per heavy atom. The van der Waals surface area contributed by atoms with Gasteiger partial charge in [-0.1, -0.05) is 0 Å². The fourth-order valence-corrected chi connectivity index (χ4v) is 2.58.